The molecule has 2 aliphatic rings. The van der Waals surface area contributed by atoms with Crippen LogP contribution >= 0.6 is 15.9 Å². The Morgan fingerprint density at radius 3 is 3.40 bits per heavy atom. The van der Waals surface area contributed by atoms with Crippen molar-refractivity contribution in [2.45, 2.75) is 6.04 Å². The molecule has 0 aromatic carbocycles. The van der Waals surface area contributed by atoms with Crippen molar-refractivity contribution < 1.29 is 0 Å². The molecule has 0 spiro atoms. The van der Waals surface area contributed by atoms with Gasteiger partial charge in [0.15, 0.2) is 0 Å². The van der Waals surface area contributed by atoms with E-state index < -0.39 is 0 Å². The highest BCUT2D eigenvalue weighted by atomic mass is 79.9. The lowest BCUT2D eigenvalue weighted by Crippen LogP contribution is -2.25. The lowest BCUT2D eigenvalue weighted by atomic mass is 9.98. The molecule has 10 heavy (non-hydrogen) atoms. The average molecular weight is 199 g/mol. The summed E-state index contributed by atoms with van der Waals surface area (Å²) < 4.78 is 1.14. The topological polar surface area (TPSA) is 24.4 Å². The molecule has 0 fully saturated rings. The van der Waals surface area contributed by atoms with Crippen molar-refractivity contribution >= 4 is 22.1 Å². The van der Waals surface area contributed by atoms with Crippen LogP contribution in [-0.2, 0) is 0 Å². The van der Waals surface area contributed by atoms with Gasteiger partial charge in [0.05, 0.1) is 6.04 Å². The number of nitrogens with zero attached hydrogens (tertiary/aromatic N) is 1. The largest absolute Gasteiger partial charge is 0.302 e. The highest BCUT2D eigenvalue weighted by Crippen LogP contribution is 2.21. The number of hydrogen-bond donors (Lipinski definition) is 1. The van der Waals surface area contributed by atoms with Crippen molar-refractivity contribution in [2.75, 3.05) is 0 Å². The van der Waals surface area contributed by atoms with Gasteiger partial charge in [0.25, 0.3) is 0 Å². The minimum Gasteiger partial charge on any atom is -0.302 e. The minimum atomic E-state index is 0.390. The molecule has 1 aliphatic heterocycles. The highest BCUT2D eigenvalue weighted by molar-refractivity contribution is 9.11. The van der Waals surface area contributed by atoms with Gasteiger partial charge in [-0.1, -0.05) is 34.2 Å². The van der Waals surface area contributed by atoms with Gasteiger partial charge in [-0.3, -0.25) is 0 Å². The molecule has 1 heterocycles. The van der Waals surface area contributed by atoms with E-state index in [-0.39, 0.29) is 0 Å². The zero-order valence-electron chi connectivity index (χ0n) is 5.29. The zero-order chi connectivity index (χ0) is 6.97. The Morgan fingerprint density at radius 2 is 2.50 bits per heavy atom. The van der Waals surface area contributed by atoms with Gasteiger partial charge in [-0.05, 0) is 0 Å². The van der Waals surface area contributed by atoms with E-state index in [0.717, 1.165) is 4.48 Å². The van der Waals surface area contributed by atoms with Crippen LogP contribution in [-0.4, -0.2) is 12.3 Å². The van der Waals surface area contributed by atoms with Gasteiger partial charge >= 0.3 is 0 Å². The Morgan fingerprint density at radius 1 is 1.60 bits per heavy atom. The molecule has 0 amide bonds. The zero-order valence-corrected chi connectivity index (χ0v) is 6.88. The van der Waals surface area contributed by atoms with Gasteiger partial charge in [0.2, 0.25) is 0 Å². The van der Waals surface area contributed by atoms with E-state index in [9.17, 15) is 0 Å². The predicted molar refractivity (Wildman–Crippen MR) is 45.1 cm³/mol. The third kappa shape index (κ3) is 0.904. The van der Waals surface area contributed by atoms with Crippen LogP contribution in [0.5, 0.6) is 0 Å². The Bertz CT molecular complexity index is 230. The van der Waals surface area contributed by atoms with Gasteiger partial charge in [-0.2, -0.15) is 5.10 Å². The van der Waals surface area contributed by atoms with Crippen LogP contribution in [0.1, 0.15) is 0 Å². The van der Waals surface area contributed by atoms with Crippen molar-refractivity contribution in [2.24, 2.45) is 11.0 Å². The first-order chi connectivity index (χ1) is 4.86. The first-order valence-electron chi connectivity index (χ1n) is 3.20. The second kappa shape index (κ2) is 2.23. The average Bonchev–Trinajstić information content (AvgIpc) is 2.33. The van der Waals surface area contributed by atoms with Crippen LogP contribution in [0.25, 0.3) is 0 Å². The van der Waals surface area contributed by atoms with E-state index in [1.54, 1.807) is 0 Å². The smallest absolute Gasteiger partial charge is 0.0737 e. The number of fused-ring (bicyclic) bond motifs is 1. The van der Waals surface area contributed by atoms with Crippen LogP contribution in [0.2, 0.25) is 0 Å². The van der Waals surface area contributed by atoms with Crippen molar-refractivity contribution in [3.8, 4) is 0 Å². The van der Waals surface area contributed by atoms with Crippen molar-refractivity contribution in [3.63, 3.8) is 0 Å². The summed E-state index contributed by atoms with van der Waals surface area (Å²) in [7, 11) is 0. The maximum absolute atomic E-state index is 3.97. The standard InChI is InChI=1S/C7H7BrN2/c8-6-1-2-7-5(3-6)4-9-10-7/h1-5,7,10H. The summed E-state index contributed by atoms with van der Waals surface area (Å²) in [6.45, 7) is 0. The Hall–Kier alpha value is -0.570. The van der Waals surface area contributed by atoms with Crippen LogP contribution in [0, 0.1) is 5.92 Å². The van der Waals surface area contributed by atoms with E-state index in [1.165, 1.54) is 0 Å². The van der Waals surface area contributed by atoms with E-state index >= 15 is 0 Å². The third-order valence-electron chi connectivity index (χ3n) is 1.70. The van der Waals surface area contributed by atoms with Crippen LogP contribution < -0.4 is 5.43 Å². The Kier molecular flexibility index (Phi) is 1.38. The molecule has 1 N–H and O–H groups in total. The third-order valence-corrected chi connectivity index (χ3v) is 2.23. The number of allylic oxidation sites excluding steroid dienone is 2. The fourth-order valence-electron chi connectivity index (χ4n) is 1.15. The van der Waals surface area contributed by atoms with Crippen LogP contribution in [0.3, 0.4) is 0 Å². The first kappa shape index (κ1) is 6.16. The summed E-state index contributed by atoms with van der Waals surface area (Å²) in [5, 5.41) is 3.97. The molecule has 0 saturated carbocycles. The molecule has 0 aromatic heterocycles. The van der Waals surface area contributed by atoms with E-state index in [4.69, 9.17) is 0 Å². The molecule has 0 aromatic rings. The Labute approximate surface area is 67.8 Å². The van der Waals surface area contributed by atoms with Gasteiger partial charge in [-0.25, -0.2) is 0 Å². The number of hydrazone groups is 1. The molecule has 2 atom stereocenters. The molecule has 3 heteroatoms. The number of halogens is 1. The number of rotatable bonds is 0. The fourth-order valence-corrected chi connectivity index (χ4v) is 1.60. The van der Waals surface area contributed by atoms with Gasteiger partial charge in [-0.15, -0.1) is 0 Å². The van der Waals surface area contributed by atoms with Crippen molar-refractivity contribution in [1.82, 2.24) is 5.43 Å². The molecule has 2 nitrogen and oxygen atoms in total. The van der Waals surface area contributed by atoms with E-state index in [0.29, 0.717) is 12.0 Å². The van der Waals surface area contributed by atoms with Crippen LogP contribution in [0.4, 0.5) is 0 Å². The maximum atomic E-state index is 3.97. The summed E-state index contributed by atoms with van der Waals surface area (Å²) in [5.74, 6) is 0.444. The molecule has 52 valence electrons. The van der Waals surface area contributed by atoms with Gasteiger partial charge < -0.3 is 5.43 Å². The molecule has 0 radical (unpaired) electrons. The van der Waals surface area contributed by atoms with Gasteiger partial charge in [0, 0.05) is 16.6 Å². The maximum Gasteiger partial charge on any atom is 0.0737 e. The minimum absolute atomic E-state index is 0.390. The predicted octanol–water partition coefficient (Wildman–Crippen LogP) is 1.41. The number of hydrogen-bond acceptors (Lipinski definition) is 2. The summed E-state index contributed by atoms with van der Waals surface area (Å²) in [6.07, 6.45) is 8.23. The molecule has 0 bridgehead atoms. The summed E-state index contributed by atoms with van der Waals surface area (Å²) in [6, 6.07) is 0.390. The molecular weight excluding hydrogens is 192 g/mol. The normalized spacial score (nSPS) is 35.1. The van der Waals surface area contributed by atoms with Gasteiger partial charge in [0.1, 0.15) is 0 Å². The Balaban J connectivity index is 2.26. The highest BCUT2D eigenvalue weighted by Gasteiger charge is 2.21. The summed E-state index contributed by atoms with van der Waals surface area (Å²) in [5.41, 5.74) is 3.00. The summed E-state index contributed by atoms with van der Waals surface area (Å²) >= 11 is 3.41. The molecule has 1 aliphatic carbocycles. The first-order valence-corrected chi connectivity index (χ1v) is 4.00. The lowest BCUT2D eigenvalue weighted by Gasteiger charge is -2.14. The molecule has 0 saturated heterocycles. The lowest BCUT2D eigenvalue weighted by molar-refractivity contribution is 0.622. The SMILES string of the molecule is BrC1=CC2C=NNC2C=C1. The quantitative estimate of drug-likeness (QED) is 0.626. The monoisotopic (exact) mass is 198 g/mol. The van der Waals surface area contributed by atoms with Crippen molar-refractivity contribution in [1.29, 1.82) is 0 Å². The summed E-state index contributed by atoms with van der Waals surface area (Å²) in [4.78, 5) is 0. The van der Waals surface area contributed by atoms with E-state index in [1.807, 2.05) is 12.3 Å². The molecule has 2 unspecified atom stereocenters. The second-order valence-electron chi connectivity index (χ2n) is 2.42. The fraction of sp³-hybridized carbons (Fsp3) is 0.286. The molecular formula is C7H7BrN2. The second-order valence-corrected chi connectivity index (χ2v) is 3.34. The molecule has 2 rings (SSSR count). The number of nitrogens with one attached hydrogen (secondary N) is 1. The van der Waals surface area contributed by atoms with E-state index in [2.05, 4.69) is 38.6 Å². The van der Waals surface area contributed by atoms with Crippen LogP contribution in [0.15, 0.2) is 27.8 Å². The van der Waals surface area contributed by atoms with Crippen molar-refractivity contribution in [3.05, 3.63) is 22.7 Å².